The van der Waals surface area contributed by atoms with Crippen LogP contribution in [0, 0.1) is 13.8 Å². The largest absolute Gasteiger partial charge is 0.469 e. The molecule has 2 aromatic heterocycles. The number of anilines is 1. The van der Waals surface area contributed by atoms with Gasteiger partial charge in [-0.2, -0.15) is 0 Å². The van der Waals surface area contributed by atoms with E-state index in [9.17, 15) is 14.4 Å². The van der Waals surface area contributed by atoms with E-state index in [-0.39, 0.29) is 23.7 Å². The molecular formula is C22H20N2O4. The van der Waals surface area contributed by atoms with Crippen LogP contribution in [0.4, 0.5) is 5.69 Å². The molecule has 1 atom stereocenters. The molecule has 6 heteroatoms. The van der Waals surface area contributed by atoms with E-state index in [0.29, 0.717) is 23.4 Å². The summed E-state index contributed by atoms with van der Waals surface area (Å²) in [6.45, 7) is 3.80. The third-order valence-corrected chi connectivity index (χ3v) is 5.14. The number of hydrogen-bond donors (Lipinski definition) is 2. The van der Waals surface area contributed by atoms with Gasteiger partial charge in [0.2, 0.25) is 0 Å². The Labute approximate surface area is 161 Å². The van der Waals surface area contributed by atoms with Gasteiger partial charge in [-0.1, -0.05) is 12.1 Å². The predicted molar refractivity (Wildman–Crippen MR) is 105 cm³/mol. The van der Waals surface area contributed by atoms with Crippen molar-refractivity contribution in [1.29, 1.82) is 0 Å². The van der Waals surface area contributed by atoms with Crippen LogP contribution in [0.1, 0.15) is 55.6 Å². The molecule has 1 aliphatic rings. The van der Waals surface area contributed by atoms with E-state index in [1.807, 2.05) is 38.1 Å². The highest BCUT2D eigenvalue weighted by Gasteiger charge is 2.30. The van der Waals surface area contributed by atoms with Gasteiger partial charge in [0.15, 0.2) is 5.78 Å². The Morgan fingerprint density at radius 3 is 2.71 bits per heavy atom. The highest BCUT2D eigenvalue weighted by molar-refractivity contribution is 6.07. The van der Waals surface area contributed by atoms with Crippen molar-refractivity contribution in [3.63, 3.8) is 0 Å². The minimum absolute atomic E-state index is 0.0653. The maximum absolute atomic E-state index is 12.7. The number of benzene rings is 1. The number of Topliss-reactive ketones (excluding diaryl/α,β-unsaturated/α-hetero) is 1. The van der Waals surface area contributed by atoms with Crippen molar-refractivity contribution < 1.29 is 14.0 Å². The number of furan rings is 1. The van der Waals surface area contributed by atoms with Crippen LogP contribution in [0.25, 0.3) is 0 Å². The van der Waals surface area contributed by atoms with Crippen LogP contribution < -0.4 is 10.9 Å². The van der Waals surface area contributed by atoms with Crippen LogP contribution in [0.15, 0.2) is 51.9 Å². The molecule has 6 nitrogen and oxygen atoms in total. The van der Waals surface area contributed by atoms with Crippen LogP contribution in [0.2, 0.25) is 0 Å². The van der Waals surface area contributed by atoms with Gasteiger partial charge >= 0.3 is 0 Å². The van der Waals surface area contributed by atoms with Crippen molar-refractivity contribution in [3.8, 4) is 0 Å². The smallest absolute Gasteiger partial charge is 0.261 e. The summed E-state index contributed by atoms with van der Waals surface area (Å²) in [4.78, 5) is 40.6. The highest BCUT2D eigenvalue weighted by atomic mass is 16.3. The number of nitrogens with one attached hydrogen (secondary N) is 2. The maximum atomic E-state index is 12.7. The van der Waals surface area contributed by atoms with Crippen LogP contribution in [-0.2, 0) is 6.42 Å². The molecule has 4 rings (SSSR count). The number of carbonyl (C=O) groups excluding carboxylic acids is 2. The lowest BCUT2D eigenvalue weighted by atomic mass is 9.84. The second kappa shape index (κ2) is 6.96. The van der Waals surface area contributed by atoms with Gasteiger partial charge in [-0.05, 0) is 55.7 Å². The number of hydrogen-bond acceptors (Lipinski definition) is 4. The zero-order valence-corrected chi connectivity index (χ0v) is 15.7. The number of H-pyrrole nitrogens is 1. The summed E-state index contributed by atoms with van der Waals surface area (Å²) < 4.78 is 5.41. The Morgan fingerprint density at radius 2 is 1.96 bits per heavy atom. The van der Waals surface area contributed by atoms with Crippen molar-refractivity contribution in [3.05, 3.63) is 86.7 Å². The first-order valence-corrected chi connectivity index (χ1v) is 9.14. The van der Waals surface area contributed by atoms with Crippen molar-refractivity contribution in [2.75, 3.05) is 5.32 Å². The number of amides is 1. The topological polar surface area (TPSA) is 92.2 Å². The molecule has 1 amide bonds. The normalized spacial score (nSPS) is 15.9. The molecule has 0 saturated carbocycles. The van der Waals surface area contributed by atoms with Gasteiger partial charge < -0.3 is 14.7 Å². The fourth-order valence-corrected chi connectivity index (χ4v) is 3.58. The van der Waals surface area contributed by atoms with Crippen molar-refractivity contribution in [2.45, 2.75) is 32.6 Å². The van der Waals surface area contributed by atoms with Gasteiger partial charge in [-0.15, -0.1) is 0 Å². The number of carbonyl (C=O) groups is 2. The van der Waals surface area contributed by atoms with E-state index in [2.05, 4.69) is 10.3 Å². The molecule has 142 valence electrons. The Kier molecular flexibility index (Phi) is 4.47. The highest BCUT2D eigenvalue weighted by Crippen LogP contribution is 2.31. The van der Waals surface area contributed by atoms with E-state index in [1.54, 1.807) is 12.3 Å². The first-order chi connectivity index (χ1) is 13.4. The van der Waals surface area contributed by atoms with Crippen LogP contribution in [0.3, 0.4) is 0 Å². The molecule has 0 unspecified atom stereocenters. The Balaban J connectivity index is 1.65. The first-order valence-electron chi connectivity index (χ1n) is 9.14. The van der Waals surface area contributed by atoms with Gasteiger partial charge in [0.25, 0.3) is 11.5 Å². The lowest BCUT2D eigenvalue weighted by molar-refractivity contribution is 0.0959. The molecule has 2 heterocycles. The van der Waals surface area contributed by atoms with Gasteiger partial charge in [0.05, 0.1) is 6.26 Å². The second-order valence-corrected chi connectivity index (χ2v) is 7.22. The first kappa shape index (κ1) is 18.0. The summed E-state index contributed by atoms with van der Waals surface area (Å²) in [7, 11) is 0. The maximum Gasteiger partial charge on any atom is 0.261 e. The Morgan fingerprint density at radius 1 is 1.14 bits per heavy atom. The summed E-state index contributed by atoms with van der Waals surface area (Å²) in [5, 5.41) is 2.78. The zero-order chi connectivity index (χ0) is 19.8. The minimum atomic E-state index is -0.529. The fraction of sp³-hybridized carbons (Fsp3) is 0.227. The molecule has 1 aliphatic carbocycles. The van der Waals surface area contributed by atoms with Gasteiger partial charge in [0, 0.05) is 29.3 Å². The molecule has 1 aromatic carbocycles. The molecule has 28 heavy (non-hydrogen) atoms. The summed E-state index contributed by atoms with van der Waals surface area (Å²) in [6.07, 6.45) is 2.34. The predicted octanol–water partition coefficient (Wildman–Crippen LogP) is 3.75. The van der Waals surface area contributed by atoms with Crippen molar-refractivity contribution in [2.24, 2.45) is 0 Å². The Hall–Kier alpha value is -3.41. The van der Waals surface area contributed by atoms with E-state index in [1.165, 1.54) is 6.07 Å². The molecule has 0 saturated heterocycles. The minimum Gasteiger partial charge on any atom is -0.469 e. The molecule has 0 spiro atoms. The fourth-order valence-electron chi connectivity index (χ4n) is 3.58. The number of aromatic amines is 1. The summed E-state index contributed by atoms with van der Waals surface area (Å²) in [5.74, 6) is -0.0322. The van der Waals surface area contributed by atoms with E-state index < -0.39 is 11.5 Å². The number of pyridine rings is 1. The third-order valence-electron chi connectivity index (χ3n) is 5.14. The molecule has 2 N–H and O–H groups in total. The SMILES string of the molecule is Cc1ccc(C)c(NC(=O)c2cc3c([nH]c2=O)C[C@@H](c2ccco2)CC3=O)c1. The standard InChI is InChI=1S/C22H20N2O4/c1-12-5-6-13(2)17(8-12)23-21(26)16-11-15-18(24-22(16)27)9-14(10-19(15)25)20-4-3-7-28-20/h3-8,11,14H,9-10H2,1-2H3,(H,23,26)(H,24,27)/t14-/m1/s1. The molecule has 0 fully saturated rings. The summed E-state index contributed by atoms with van der Waals surface area (Å²) >= 11 is 0. The third kappa shape index (κ3) is 3.29. The quantitative estimate of drug-likeness (QED) is 0.728. The Bertz CT molecular complexity index is 1130. The zero-order valence-electron chi connectivity index (χ0n) is 15.7. The van der Waals surface area contributed by atoms with E-state index in [4.69, 9.17) is 4.42 Å². The van der Waals surface area contributed by atoms with Crippen LogP contribution in [-0.4, -0.2) is 16.7 Å². The van der Waals surface area contributed by atoms with E-state index in [0.717, 1.165) is 16.9 Å². The lowest BCUT2D eigenvalue weighted by Gasteiger charge is -2.22. The molecule has 0 bridgehead atoms. The van der Waals surface area contributed by atoms with Gasteiger partial charge in [-0.3, -0.25) is 14.4 Å². The number of aromatic nitrogens is 1. The van der Waals surface area contributed by atoms with Gasteiger partial charge in [0.1, 0.15) is 11.3 Å². The molecule has 0 aliphatic heterocycles. The van der Waals surface area contributed by atoms with E-state index >= 15 is 0 Å². The van der Waals surface area contributed by atoms with Gasteiger partial charge in [-0.25, -0.2) is 0 Å². The van der Waals surface area contributed by atoms with Crippen molar-refractivity contribution in [1.82, 2.24) is 4.98 Å². The molecule has 0 radical (unpaired) electrons. The van der Waals surface area contributed by atoms with Crippen LogP contribution in [0.5, 0.6) is 0 Å². The van der Waals surface area contributed by atoms with Crippen LogP contribution >= 0.6 is 0 Å². The second-order valence-electron chi connectivity index (χ2n) is 7.22. The average Bonchev–Trinajstić information content (AvgIpc) is 3.18. The number of fused-ring (bicyclic) bond motifs is 1. The average molecular weight is 376 g/mol. The summed E-state index contributed by atoms with van der Waals surface area (Å²) in [5.41, 5.74) is 2.91. The summed E-state index contributed by atoms with van der Waals surface area (Å²) in [6, 6.07) is 10.7. The lowest BCUT2D eigenvalue weighted by Crippen LogP contribution is -2.29. The van der Waals surface area contributed by atoms with Crippen molar-refractivity contribution >= 4 is 17.4 Å². The molecule has 3 aromatic rings. The number of aryl methyl sites for hydroxylation is 2. The number of ketones is 1. The number of rotatable bonds is 3. The molecular weight excluding hydrogens is 356 g/mol. The monoisotopic (exact) mass is 376 g/mol.